The van der Waals surface area contributed by atoms with E-state index in [4.69, 9.17) is 9.47 Å². The molecule has 0 spiro atoms. The van der Waals surface area contributed by atoms with E-state index in [0.29, 0.717) is 0 Å². The van der Waals surface area contributed by atoms with E-state index < -0.39 is 0 Å². The Morgan fingerprint density at radius 2 is 1.44 bits per heavy atom. The topological polar surface area (TPSA) is 18.5 Å². The van der Waals surface area contributed by atoms with Crippen molar-refractivity contribution in [2.45, 2.75) is 27.1 Å². The first kappa shape index (κ1) is 12.6. The molecule has 3 heteroatoms. The van der Waals surface area contributed by atoms with Crippen molar-refractivity contribution in [1.29, 1.82) is 0 Å². The molecule has 0 aromatic rings. The minimum atomic E-state index is -0.0370. The Morgan fingerprint density at radius 1 is 1.11 bits per heavy atom. The second kappa shape index (κ2) is 8.92. The molecule has 0 unspecified atom stereocenters. The Morgan fingerprint density at radius 3 is 1.67 bits per heavy atom. The zero-order chi connectivity index (χ0) is 6.41. The summed E-state index contributed by atoms with van der Waals surface area (Å²) < 4.78 is 10.1. The van der Waals surface area contributed by atoms with E-state index in [0.717, 1.165) is 13.2 Å². The molecule has 0 rings (SSSR count). The summed E-state index contributed by atoms with van der Waals surface area (Å²) in [5.74, 6) is 0. The van der Waals surface area contributed by atoms with Gasteiger partial charge in [-0.2, -0.15) is 0 Å². The van der Waals surface area contributed by atoms with Gasteiger partial charge in [-0.3, -0.25) is 0 Å². The van der Waals surface area contributed by atoms with Gasteiger partial charge in [0.1, 0.15) is 0 Å². The van der Waals surface area contributed by atoms with Crippen LogP contribution in [0.15, 0.2) is 0 Å². The SMILES string of the molecule is CCOC(C)OCC.[NaH]. The van der Waals surface area contributed by atoms with Crippen LogP contribution in [0.1, 0.15) is 20.8 Å². The molecule has 0 bridgehead atoms. The number of hydrogen-bond donors (Lipinski definition) is 0. The van der Waals surface area contributed by atoms with E-state index in [2.05, 4.69) is 0 Å². The van der Waals surface area contributed by atoms with Crippen LogP contribution < -0.4 is 0 Å². The molecular weight excluding hydrogens is 127 g/mol. The normalized spacial score (nSPS) is 9.33. The summed E-state index contributed by atoms with van der Waals surface area (Å²) >= 11 is 0. The predicted octanol–water partition coefficient (Wildman–Crippen LogP) is 0.757. The van der Waals surface area contributed by atoms with Crippen molar-refractivity contribution in [3.05, 3.63) is 0 Å². The average molecular weight is 142 g/mol. The van der Waals surface area contributed by atoms with E-state index >= 15 is 0 Å². The van der Waals surface area contributed by atoms with Crippen molar-refractivity contribution in [2.24, 2.45) is 0 Å². The van der Waals surface area contributed by atoms with Crippen LogP contribution in [0.4, 0.5) is 0 Å². The van der Waals surface area contributed by atoms with Crippen LogP contribution in [-0.4, -0.2) is 49.1 Å². The van der Waals surface area contributed by atoms with Gasteiger partial charge in [0.15, 0.2) is 6.29 Å². The molecule has 0 saturated carbocycles. The van der Waals surface area contributed by atoms with E-state index in [9.17, 15) is 0 Å². The second-order valence-electron chi connectivity index (χ2n) is 1.48. The molecule has 0 aromatic heterocycles. The number of rotatable bonds is 4. The number of ether oxygens (including phenoxy) is 2. The van der Waals surface area contributed by atoms with Crippen LogP contribution in [0.25, 0.3) is 0 Å². The molecule has 2 nitrogen and oxygen atoms in total. The van der Waals surface area contributed by atoms with Gasteiger partial charge in [-0.05, 0) is 20.8 Å². The Hall–Kier alpha value is 0.920. The summed E-state index contributed by atoms with van der Waals surface area (Å²) in [5.41, 5.74) is 0. The summed E-state index contributed by atoms with van der Waals surface area (Å²) in [6.07, 6.45) is -0.0370. The fourth-order valence-electron chi connectivity index (χ4n) is 0.518. The van der Waals surface area contributed by atoms with E-state index in [-0.39, 0.29) is 35.8 Å². The summed E-state index contributed by atoms with van der Waals surface area (Å²) in [7, 11) is 0. The molecule has 0 atom stereocenters. The standard InChI is InChI=1S/C6H14O2.Na.H/c1-4-7-6(3)8-5-2;;/h6H,4-5H2,1-3H3;;. The molecule has 0 fully saturated rings. The van der Waals surface area contributed by atoms with Crippen molar-refractivity contribution >= 4 is 29.6 Å². The molecule has 0 aliphatic heterocycles. The molecule has 0 heterocycles. The Labute approximate surface area is 79.2 Å². The van der Waals surface area contributed by atoms with Crippen LogP contribution in [0.3, 0.4) is 0 Å². The summed E-state index contributed by atoms with van der Waals surface area (Å²) in [6, 6.07) is 0. The van der Waals surface area contributed by atoms with E-state index in [1.807, 2.05) is 20.8 Å². The predicted molar refractivity (Wildman–Crippen MR) is 39.9 cm³/mol. The van der Waals surface area contributed by atoms with Crippen molar-refractivity contribution in [3.63, 3.8) is 0 Å². The van der Waals surface area contributed by atoms with Gasteiger partial charge in [-0.15, -0.1) is 0 Å². The molecule has 0 saturated heterocycles. The van der Waals surface area contributed by atoms with Gasteiger partial charge >= 0.3 is 29.6 Å². The molecule has 52 valence electrons. The zero-order valence-corrected chi connectivity index (χ0v) is 5.81. The van der Waals surface area contributed by atoms with Crippen LogP contribution in [0, 0.1) is 0 Å². The molecule has 0 amide bonds. The van der Waals surface area contributed by atoms with Gasteiger partial charge < -0.3 is 9.47 Å². The van der Waals surface area contributed by atoms with Gasteiger partial charge in [-0.25, -0.2) is 0 Å². The fourth-order valence-corrected chi connectivity index (χ4v) is 0.518. The minimum absolute atomic E-state index is 0. The van der Waals surface area contributed by atoms with Crippen LogP contribution in [0.5, 0.6) is 0 Å². The Bertz CT molecular complexity index is 44.3. The second-order valence-corrected chi connectivity index (χ2v) is 1.48. The molecule has 0 aromatic carbocycles. The molecule has 0 aliphatic rings. The van der Waals surface area contributed by atoms with Gasteiger partial charge in [0, 0.05) is 13.2 Å². The average Bonchev–Trinajstić information content (AvgIpc) is 1.68. The van der Waals surface area contributed by atoms with Crippen molar-refractivity contribution in [3.8, 4) is 0 Å². The summed E-state index contributed by atoms with van der Waals surface area (Å²) in [6.45, 7) is 7.25. The zero-order valence-electron chi connectivity index (χ0n) is 5.81. The van der Waals surface area contributed by atoms with Crippen molar-refractivity contribution in [1.82, 2.24) is 0 Å². The summed E-state index contributed by atoms with van der Waals surface area (Å²) in [4.78, 5) is 0. The maximum absolute atomic E-state index is 5.06. The fraction of sp³-hybridized carbons (Fsp3) is 1.00. The van der Waals surface area contributed by atoms with E-state index in [1.165, 1.54) is 0 Å². The Kier molecular flexibility index (Phi) is 12.5. The first-order valence-corrected chi connectivity index (χ1v) is 3.04. The van der Waals surface area contributed by atoms with Crippen LogP contribution >= 0.6 is 0 Å². The van der Waals surface area contributed by atoms with E-state index in [1.54, 1.807) is 0 Å². The number of hydrogen-bond acceptors (Lipinski definition) is 2. The monoisotopic (exact) mass is 142 g/mol. The molecule has 9 heavy (non-hydrogen) atoms. The third kappa shape index (κ3) is 8.92. The van der Waals surface area contributed by atoms with Crippen LogP contribution in [0.2, 0.25) is 0 Å². The third-order valence-electron chi connectivity index (χ3n) is 0.803. The maximum atomic E-state index is 5.06. The Balaban J connectivity index is 0. The molecule has 0 radical (unpaired) electrons. The quantitative estimate of drug-likeness (QED) is 0.426. The van der Waals surface area contributed by atoms with Crippen LogP contribution in [-0.2, 0) is 9.47 Å². The van der Waals surface area contributed by atoms with Gasteiger partial charge in [-0.1, -0.05) is 0 Å². The molecule has 0 aliphatic carbocycles. The molecule has 0 N–H and O–H groups in total. The molecular formula is C6H15NaO2. The third-order valence-corrected chi connectivity index (χ3v) is 0.803. The first-order chi connectivity index (χ1) is 3.81. The van der Waals surface area contributed by atoms with Gasteiger partial charge in [0.05, 0.1) is 0 Å². The summed E-state index contributed by atoms with van der Waals surface area (Å²) in [5, 5.41) is 0. The van der Waals surface area contributed by atoms with Gasteiger partial charge in [0.25, 0.3) is 0 Å². The van der Waals surface area contributed by atoms with Crippen molar-refractivity contribution < 1.29 is 9.47 Å². The van der Waals surface area contributed by atoms with Crippen molar-refractivity contribution in [2.75, 3.05) is 13.2 Å². The first-order valence-electron chi connectivity index (χ1n) is 3.04. The van der Waals surface area contributed by atoms with Gasteiger partial charge in [0.2, 0.25) is 0 Å².